The molecule has 0 saturated heterocycles. The second kappa shape index (κ2) is 4.97. The van der Waals surface area contributed by atoms with Gasteiger partial charge in [0.1, 0.15) is 11.6 Å². The molecule has 0 radical (unpaired) electrons. The van der Waals surface area contributed by atoms with Gasteiger partial charge in [0.25, 0.3) is 0 Å². The summed E-state index contributed by atoms with van der Waals surface area (Å²) in [4.78, 5) is 10.6. The Balaban J connectivity index is 2.87. The lowest BCUT2D eigenvalue weighted by atomic mass is 10.1. The van der Waals surface area contributed by atoms with Crippen LogP contribution in [-0.2, 0) is 4.79 Å². The fourth-order valence-electron chi connectivity index (χ4n) is 1.05. The minimum Gasteiger partial charge on any atom is -0.479 e. The third kappa shape index (κ3) is 3.37. The highest BCUT2D eigenvalue weighted by molar-refractivity contribution is 9.10. The number of nitrogens with one attached hydrogen (secondary N) is 1. The first-order valence-corrected chi connectivity index (χ1v) is 5.37. The molecule has 17 heavy (non-hydrogen) atoms. The van der Waals surface area contributed by atoms with E-state index in [2.05, 4.69) is 21.2 Å². The smallest absolute Gasteiger partial charge is 0.337 e. The van der Waals surface area contributed by atoms with Gasteiger partial charge >= 0.3 is 5.97 Å². The van der Waals surface area contributed by atoms with Gasteiger partial charge in [-0.3, -0.25) is 0 Å². The molecule has 0 saturated carbocycles. The van der Waals surface area contributed by atoms with Crippen molar-refractivity contribution in [2.24, 2.45) is 0 Å². The van der Waals surface area contributed by atoms with Crippen LogP contribution in [0.3, 0.4) is 0 Å². The molecule has 94 valence electrons. The van der Waals surface area contributed by atoms with E-state index < -0.39 is 29.7 Å². The van der Waals surface area contributed by atoms with E-state index in [0.29, 0.717) is 6.07 Å². The largest absolute Gasteiger partial charge is 0.479 e. The summed E-state index contributed by atoms with van der Waals surface area (Å²) in [5.74, 6) is -3.08. The number of benzene rings is 1. The quantitative estimate of drug-likeness (QED) is 0.795. The highest BCUT2D eigenvalue weighted by Crippen LogP contribution is 2.27. The van der Waals surface area contributed by atoms with Crippen LogP contribution in [0.5, 0.6) is 0 Å². The molecule has 1 aromatic carbocycles. The van der Waals surface area contributed by atoms with Gasteiger partial charge in [-0.15, -0.1) is 0 Å². The van der Waals surface area contributed by atoms with Crippen LogP contribution >= 0.6 is 15.9 Å². The maximum absolute atomic E-state index is 13.3. The van der Waals surface area contributed by atoms with Gasteiger partial charge in [-0.2, -0.15) is 0 Å². The van der Waals surface area contributed by atoms with E-state index in [1.54, 1.807) is 0 Å². The highest BCUT2D eigenvalue weighted by Gasteiger charge is 2.30. The average Bonchev–Trinajstić information content (AvgIpc) is 2.15. The van der Waals surface area contributed by atoms with E-state index in [9.17, 15) is 18.7 Å². The number of carboxylic acid groups (broad SMARTS) is 1. The van der Waals surface area contributed by atoms with Gasteiger partial charge in [-0.05, 0) is 28.9 Å². The molecule has 0 aliphatic rings. The van der Waals surface area contributed by atoms with Crippen LogP contribution in [0.15, 0.2) is 16.6 Å². The van der Waals surface area contributed by atoms with Crippen LogP contribution in [0.1, 0.15) is 6.92 Å². The first kappa shape index (κ1) is 13.9. The molecule has 3 N–H and O–H groups in total. The van der Waals surface area contributed by atoms with Crippen molar-refractivity contribution in [2.75, 3.05) is 11.9 Å². The molecule has 0 heterocycles. The Morgan fingerprint density at radius 2 is 2.12 bits per heavy atom. The third-order valence-electron chi connectivity index (χ3n) is 2.08. The van der Waals surface area contributed by atoms with Crippen molar-refractivity contribution >= 4 is 27.6 Å². The van der Waals surface area contributed by atoms with Crippen molar-refractivity contribution in [1.82, 2.24) is 0 Å². The lowest BCUT2D eigenvalue weighted by Crippen LogP contribution is -2.42. The molecule has 0 fully saturated rings. The van der Waals surface area contributed by atoms with E-state index in [4.69, 9.17) is 5.11 Å². The summed E-state index contributed by atoms with van der Waals surface area (Å²) in [6.07, 6.45) is 0. The Morgan fingerprint density at radius 3 is 2.59 bits per heavy atom. The number of aliphatic carboxylic acids is 1. The molecule has 0 aliphatic carbocycles. The van der Waals surface area contributed by atoms with Crippen molar-refractivity contribution in [1.29, 1.82) is 0 Å². The number of carbonyl (C=O) groups is 1. The summed E-state index contributed by atoms with van der Waals surface area (Å²) in [6.45, 7) is 0.654. The van der Waals surface area contributed by atoms with Crippen LogP contribution in [0.4, 0.5) is 14.5 Å². The van der Waals surface area contributed by atoms with Crippen molar-refractivity contribution in [3.63, 3.8) is 0 Å². The molecule has 4 nitrogen and oxygen atoms in total. The maximum atomic E-state index is 13.3. The molecule has 0 bridgehead atoms. The van der Waals surface area contributed by atoms with E-state index >= 15 is 0 Å². The van der Waals surface area contributed by atoms with Crippen molar-refractivity contribution < 1.29 is 23.8 Å². The standard InChI is InChI=1S/C10H10BrF2NO3/c1-10(17,9(15)16)4-14-8-6(11)2-5(12)3-7(8)13/h2-3,14,17H,4H2,1H3,(H,15,16). The molecule has 0 aliphatic heterocycles. The number of rotatable bonds is 4. The molecule has 1 rings (SSSR count). The second-order valence-corrected chi connectivity index (χ2v) is 4.53. The minimum absolute atomic E-state index is 0.104. The first-order valence-electron chi connectivity index (χ1n) is 4.58. The Bertz CT molecular complexity index is 428. The average molecular weight is 310 g/mol. The fourth-order valence-corrected chi connectivity index (χ4v) is 1.60. The molecule has 1 unspecified atom stereocenters. The highest BCUT2D eigenvalue weighted by atomic mass is 79.9. The number of hydrogen-bond acceptors (Lipinski definition) is 3. The topological polar surface area (TPSA) is 69.6 Å². The number of aliphatic hydroxyl groups is 1. The molecule has 1 atom stereocenters. The lowest BCUT2D eigenvalue weighted by Gasteiger charge is -2.19. The predicted molar refractivity (Wildman–Crippen MR) is 60.8 cm³/mol. The third-order valence-corrected chi connectivity index (χ3v) is 2.70. The molecule has 0 amide bonds. The Morgan fingerprint density at radius 1 is 1.53 bits per heavy atom. The summed E-state index contributed by atoms with van der Waals surface area (Å²) in [5, 5.41) is 20.5. The summed E-state index contributed by atoms with van der Waals surface area (Å²) < 4.78 is 26.2. The van der Waals surface area contributed by atoms with Gasteiger partial charge in [0, 0.05) is 10.5 Å². The van der Waals surface area contributed by atoms with Gasteiger partial charge in [0.15, 0.2) is 5.60 Å². The fraction of sp³-hybridized carbons (Fsp3) is 0.300. The van der Waals surface area contributed by atoms with Crippen molar-refractivity contribution in [3.8, 4) is 0 Å². The lowest BCUT2D eigenvalue weighted by molar-refractivity contribution is -0.155. The number of halogens is 3. The van der Waals surface area contributed by atoms with E-state index in [0.717, 1.165) is 13.0 Å². The van der Waals surface area contributed by atoms with Gasteiger partial charge in [-0.1, -0.05) is 0 Å². The zero-order valence-electron chi connectivity index (χ0n) is 8.80. The zero-order valence-corrected chi connectivity index (χ0v) is 10.4. The van der Waals surface area contributed by atoms with E-state index in [1.807, 2.05) is 0 Å². The summed E-state index contributed by atoms with van der Waals surface area (Å²) >= 11 is 2.93. The van der Waals surface area contributed by atoms with E-state index in [1.165, 1.54) is 0 Å². The van der Waals surface area contributed by atoms with Gasteiger partial charge in [-0.25, -0.2) is 13.6 Å². The van der Waals surface area contributed by atoms with Crippen LogP contribution in [0.25, 0.3) is 0 Å². The Kier molecular flexibility index (Phi) is 4.05. The van der Waals surface area contributed by atoms with Gasteiger partial charge < -0.3 is 15.5 Å². The molecule has 1 aromatic rings. The van der Waals surface area contributed by atoms with E-state index in [-0.39, 0.29) is 10.2 Å². The number of hydrogen-bond donors (Lipinski definition) is 3. The molecule has 7 heteroatoms. The summed E-state index contributed by atoms with van der Waals surface area (Å²) in [7, 11) is 0. The minimum atomic E-state index is -2.04. The Labute approximate surface area is 104 Å². The normalized spacial score (nSPS) is 14.2. The monoisotopic (exact) mass is 309 g/mol. The van der Waals surface area contributed by atoms with Crippen LogP contribution < -0.4 is 5.32 Å². The Hall–Kier alpha value is -1.21. The van der Waals surface area contributed by atoms with Crippen LogP contribution in [-0.4, -0.2) is 28.3 Å². The van der Waals surface area contributed by atoms with Crippen LogP contribution in [0.2, 0.25) is 0 Å². The molecular weight excluding hydrogens is 300 g/mol. The predicted octanol–water partition coefficient (Wildman–Crippen LogP) is 1.97. The molecular formula is C10H10BrF2NO3. The zero-order chi connectivity index (χ0) is 13.2. The first-order chi connectivity index (χ1) is 7.74. The number of carboxylic acids is 1. The maximum Gasteiger partial charge on any atom is 0.337 e. The van der Waals surface area contributed by atoms with Crippen LogP contribution in [0, 0.1) is 11.6 Å². The van der Waals surface area contributed by atoms with Gasteiger partial charge in [0.05, 0.1) is 12.2 Å². The number of anilines is 1. The van der Waals surface area contributed by atoms with Crippen molar-refractivity contribution in [2.45, 2.75) is 12.5 Å². The summed E-state index contributed by atoms with van der Waals surface area (Å²) in [5.41, 5.74) is -2.15. The second-order valence-electron chi connectivity index (χ2n) is 3.68. The molecule has 0 aromatic heterocycles. The van der Waals surface area contributed by atoms with Crippen molar-refractivity contribution in [3.05, 3.63) is 28.2 Å². The summed E-state index contributed by atoms with van der Waals surface area (Å²) in [6, 6.07) is 1.68. The molecule has 0 spiro atoms. The van der Waals surface area contributed by atoms with Gasteiger partial charge in [0.2, 0.25) is 0 Å². The SMILES string of the molecule is CC(O)(CNc1c(F)cc(F)cc1Br)C(=O)O.